The Morgan fingerprint density at radius 2 is 1.86 bits per heavy atom. The summed E-state index contributed by atoms with van der Waals surface area (Å²) in [5, 5.41) is 8.72. The zero-order valence-electron chi connectivity index (χ0n) is 8.06. The maximum Gasteiger partial charge on any atom is 0.233 e. The molecule has 3 unspecified atom stereocenters. The van der Waals surface area contributed by atoms with Gasteiger partial charge in [-0.15, -0.1) is 0 Å². The number of nitrogens with zero attached hydrogens (tertiary/aromatic N) is 2. The van der Waals surface area contributed by atoms with Crippen LogP contribution in [0, 0.1) is 23.2 Å². The topological polar surface area (TPSA) is 61.2 Å². The summed E-state index contributed by atoms with van der Waals surface area (Å²) in [4.78, 5) is 24.7. The van der Waals surface area contributed by atoms with Gasteiger partial charge >= 0.3 is 0 Å². The van der Waals surface area contributed by atoms with Gasteiger partial charge in [-0.05, 0) is 26.2 Å². The fourth-order valence-corrected chi connectivity index (χ4v) is 2.37. The Morgan fingerprint density at radius 3 is 2.29 bits per heavy atom. The van der Waals surface area contributed by atoms with Crippen molar-refractivity contribution >= 4 is 11.8 Å². The molecule has 0 aromatic carbocycles. The van der Waals surface area contributed by atoms with E-state index < -0.39 is 6.04 Å². The molecule has 2 bridgehead atoms. The van der Waals surface area contributed by atoms with E-state index >= 15 is 0 Å². The van der Waals surface area contributed by atoms with Gasteiger partial charge in [0.25, 0.3) is 0 Å². The molecule has 14 heavy (non-hydrogen) atoms. The van der Waals surface area contributed by atoms with Crippen LogP contribution in [0.1, 0.15) is 26.2 Å². The van der Waals surface area contributed by atoms with Gasteiger partial charge in [-0.1, -0.05) is 0 Å². The highest BCUT2D eigenvalue weighted by Gasteiger charge is 2.46. The van der Waals surface area contributed by atoms with Crippen molar-refractivity contribution in [2.24, 2.45) is 11.8 Å². The van der Waals surface area contributed by atoms with Gasteiger partial charge < -0.3 is 0 Å². The lowest BCUT2D eigenvalue weighted by molar-refractivity contribution is -0.154. The molecule has 1 aliphatic carbocycles. The molecule has 3 atom stereocenters. The van der Waals surface area contributed by atoms with E-state index in [2.05, 4.69) is 0 Å². The molecular weight excluding hydrogens is 180 g/mol. The van der Waals surface area contributed by atoms with Crippen molar-refractivity contribution in [3.63, 3.8) is 0 Å². The van der Waals surface area contributed by atoms with E-state index in [1.807, 2.05) is 6.07 Å². The number of fused-ring (bicyclic) bond motifs is 2. The van der Waals surface area contributed by atoms with Gasteiger partial charge in [0.15, 0.2) is 0 Å². The summed E-state index contributed by atoms with van der Waals surface area (Å²) in [7, 11) is 0. The Labute approximate surface area is 82.5 Å². The van der Waals surface area contributed by atoms with Crippen LogP contribution in [-0.4, -0.2) is 22.8 Å². The van der Waals surface area contributed by atoms with E-state index in [4.69, 9.17) is 5.26 Å². The highest BCUT2D eigenvalue weighted by molar-refractivity contribution is 6.01. The predicted molar refractivity (Wildman–Crippen MR) is 47.8 cm³/mol. The minimum atomic E-state index is -0.613. The number of likely N-dealkylation sites (tertiary alicyclic amines) is 1. The second-order valence-electron chi connectivity index (χ2n) is 4.06. The van der Waals surface area contributed by atoms with Crippen molar-refractivity contribution in [2.45, 2.75) is 32.2 Å². The van der Waals surface area contributed by atoms with Gasteiger partial charge in [-0.2, -0.15) is 5.26 Å². The lowest BCUT2D eigenvalue weighted by Crippen LogP contribution is -2.50. The van der Waals surface area contributed by atoms with Crippen molar-refractivity contribution in [3.8, 4) is 6.07 Å². The summed E-state index contributed by atoms with van der Waals surface area (Å²) in [6.07, 6.45) is 2.32. The number of nitriles is 1. The Morgan fingerprint density at radius 1 is 1.36 bits per heavy atom. The number of rotatable bonds is 1. The smallest absolute Gasteiger partial charge is 0.233 e. The van der Waals surface area contributed by atoms with Crippen LogP contribution in [0.5, 0.6) is 0 Å². The molecule has 0 N–H and O–H groups in total. The van der Waals surface area contributed by atoms with E-state index in [1.54, 1.807) is 6.92 Å². The SMILES string of the molecule is CC(C#N)N1C(=O)C2CCC(C2)C1=O. The van der Waals surface area contributed by atoms with Crippen molar-refractivity contribution in [1.82, 2.24) is 4.90 Å². The molecule has 0 aromatic rings. The van der Waals surface area contributed by atoms with Crippen LogP contribution in [0.3, 0.4) is 0 Å². The molecule has 2 fully saturated rings. The molecule has 1 aliphatic heterocycles. The van der Waals surface area contributed by atoms with Crippen molar-refractivity contribution in [3.05, 3.63) is 0 Å². The number of carbonyl (C=O) groups is 2. The van der Waals surface area contributed by atoms with Crippen LogP contribution >= 0.6 is 0 Å². The van der Waals surface area contributed by atoms with Crippen molar-refractivity contribution < 1.29 is 9.59 Å². The third kappa shape index (κ3) is 1.12. The molecule has 2 amide bonds. The number of amides is 2. The van der Waals surface area contributed by atoms with E-state index in [9.17, 15) is 9.59 Å². The molecule has 2 rings (SSSR count). The Hall–Kier alpha value is -1.37. The summed E-state index contributed by atoms with van der Waals surface area (Å²) in [6.45, 7) is 1.60. The van der Waals surface area contributed by atoms with Gasteiger partial charge in [0, 0.05) is 11.8 Å². The average molecular weight is 192 g/mol. The normalized spacial score (nSPS) is 33.0. The maximum absolute atomic E-state index is 11.7. The first kappa shape index (κ1) is 9.20. The van der Waals surface area contributed by atoms with E-state index in [-0.39, 0.29) is 23.7 Å². The number of hydrogen-bond acceptors (Lipinski definition) is 3. The first-order valence-electron chi connectivity index (χ1n) is 4.91. The van der Waals surface area contributed by atoms with Crippen LogP contribution in [0.15, 0.2) is 0 Å². The van der Waals surface area contributed by atoms with Crippen LogP contribution in [0.25, 0.3) is 0 Å². The van der Waals surface area contributed by atoms with E-state index in [1.165, 1.54) is 0 Å². The number of piperidine rings is 1. The predicted octanol–water partition coefficient (Wildman–Crippen LogP) is 0.684. The number of hydrogen-bond donors (Lipinski definition) is 0. The van der Waals surface area contributed by atoms with Gasteiger partial charge in [0.05, 0.1) is 6.07 Å². The van der Waals surface area contributed by atoms with Gasteiger partial charge in [-0.25, -0.2) is 0 Å². The highest BCUT2D eigenvalue weighted by atomic mass is 16.2. The minimum Gasteiger partial charge on any atom is -0.274 e. The fourth-order valence-electron chi connectivity index (χ4n) is 2.37. The standard InChI is InChI=1S/C10H12N2O2/c1-6(5-11)12-9(13)7-2-3-8(4-7)10(12)14/h6-8H,2-4H2,1H3. The van der Waals surface area contributed by atoms with Gasteiger partial charge in [0.2, 0.25) is 11.8 Å². The minimum absolute atomic E-state index is 0.00602. The molecule has 1 saturated carbocycles. The first-order valence-corrected chi connectivity index (χ1v) is 4.91. The second-order valence-corrected chi connectivity index (χ2v) is 4.06. The Balaban J connectivity index is 2.29. The Bertz CT molecular complexity index is 310. The van der Waals surface area contributed by atoms with Gasteiger partial charge in [-0.3, -0.25) is 14.5 Å². The number of imide groups is 1. The number of carbonyl (C=O) groups excluding carboxylic acids is 2. The summed E-state index contributed by atoms with van der Waals surface area (Å²) in [5.74, 6) is -0.294. The third-order valence-electron chi connectivity index (χ3n) is 3.18. The van der Waals surface area contributed by atoms with Gasteiger partial charge in [0.1, 0.15) is 6.04 Å². The van der Waals surface area contributed by atoms with Crippen LogP contribution < -0.4 is 0 Å². The third-order valence-corrected chi connectivity index (χ3v) is 3.18. The molecule has 0 spiro atoms. The second kappa shape index (κ2) is 3.09. The summed E-state index contributed by atoms with van der Waals surface area (Å²) >= 11 is 0. The molecule has 74 valence electrons. The lowest BCUT2D eigenvalue weighted by atomic mass is 9.96. The molecule has 2 aliphatic rings. The maximum atomic E-state index is 11.7. The molecule has 0 aromatic heterocycles. The Kier molecular flexibility index (Phi) is 2.03. The van der Waals surface area contributed by atoms with Crippen LogP contribution in [0.2, 0.25) is 0 Å². The monoisotopic (exact) mass is 192 g/mol. The van der Waals surface area contributed by atoms with Crippen molar-refractivity contribution in [1.29, 1.82) is 5.26 Å². The quantitative estimate of drug-likeness (QED) is 0.574. The lowest BCUT2D eigenvalue weighted by Gasteiger charge is -2.31. The highest BCUT2D eigenvalue weighted by Crippen LogP contribution is 2.38. The van der Waals surface area contributed by atoms with E-state index in [0.717, 1.165) is 17.7 Å². The molecular formula is C10H12N2O2. The molecule has 0 radical (unpaired) electrons. The summed E-state index contributed by atoms with van der Waals surface area (Å²) in [5.41, 5.74) is 0. The molecule has 1 saturated heterocycles. The zero-order valence-corrected chi connectivity index (χ0v) is 8.06. The summed E-state index contributed by atoms with van der Waals surface area (Å²) in [6, 6.07) is 1.34. The van der Waals surface area contributed by atoms with E-state index in [0.29, 0.717) is 6.42 Å². The first-order chi connectivity index (χ1) is 6.65. The zero-order chi connectivity index (χ0) is 10.3. The van der Waals surface area contributed by atoms with Crippen LogP contribution in [-0.2, 0) is 9.59 Å². The fraction of sp³-hybridized carbons (Fsp3) is 0.700. The molecule has 4 heteroatoms. The van der Waals surface area contributed by atoms with Crippen molar-refractivity contribution in [2.75, 3.05) is 0 Å². The summed E-state index contributed by atoms with van der Waals surface area (Å²) < 4.78 is 0. The average Bonchev–Trinajstić information content (AvgIpc) is 2.61. The van der Waals surface area contributed by atoms with Crippen LogP contribution in [0.4, 0.5) is 0 Å². The largest absolute Gasteiger partial charge is 0.274 e. The molecule has 4 nitrogen and oxygen atoms in total. The molecule has 1 heterocycles.